The Bertz CT molecular complexity index is 853. The monoisotopic (exact) mass is 385 g/mol. The molecule has 3 aliphatic rings. The summed E-state index contributed by atoms with van der Waals surface area (Å²) in [5.74, 6) is 5.08. The lowest BCUT2D eigenvalue weighted by Gasteiger charge is -2.33. The van der Waals surface area contributed by atoms with Crippen LogP contribution >= 0.6 is 0 Å². The Morgan fingerprint density at radius 2 is 2.04 bits per heavy atom. The van der Waals surface area contributed by atoms with Crippen molar-refractivity contribution < 1.29 is 14.2 Å². The fourth-order valence-corrected chi connectivity index (χ4v) is 4.49. The lowest BCUT2D eigenvalue weighted by Crippen LogP contribution is -2.36. The molecule has 0 unspecified atom stereocenters. The molecule has 0 spiro atoms. The number of rotatable bonds is 4. The summed E-state index contributed by atoms with van der Waals surface area (Å²) < 4.78 is 19.4. The molecule has 150 valence electrons. The van der Waals surface area contributed by atoms with Gasteiger partial charge >= 0.3 is 0 Å². The van der Waals surface area contributed by atoms with Gasteiger partial charge in [-0.3, -0.25) is 4.90 Å². The fourth-order valence-electron chi connectivity index (χ4n) is 4.49. The average molecular weight is 385 g/mol. The molecule has 0 bridgehead atoms. The summed E-state index contributed by atoms with van der Waals surface area (Å²) in [6, 6.07) is 4.02. The van der Waals surface area contributed by atoms with Crippen molar-refractivity contribution in [2.45, 2.75) is 38.4 Å². The van der Waals surface area contributed by atoms with Crippen LogP contribution in [0.4, 0.5) is 0 Å². The first-order valence-electron chi connectivity index (χ1n) is 10.1. The number of piperidine rings is 1. The maximum atomic E-state index is 5.77. The van der Waals surface area contributed by atoms with Gasteiger partial charge in [-0.05, 0) is 25.5 Å². The standard InChI is InChI=1S/C20H27N5O3/c1-26-16-10-18-17(27-7-8-28-18)9-15(16)13-24-5-2-3-14(12-24)20-23-22-19-11-21-4-6-25(19)20/h9-10,14,21H,2-8,11-13H2,1H3/t14-/m0/s1. The third kappa shape index (κ3) is 3.31. The van der Waals surface area contributed by atoms with Crippen molar-refractivity contribution in [3.8, 4) is 17.2 Å². The molecule has 5 rings (SSSR count). The number of hydrogen-bond acceptors (Lipinski definition) is 7. The van der Waals surface area contributed by atoms with Crippen molar-refractivity contribution in [2.24, 2.45) is 0 Å². The van der Waals surface area contributed by atoms with Gasteiger partial charge in [-0.15, -0.1) is 10.2 Å². The van der Waals surface area contributed by atoms with Gasteiger partial charge in [-0.25, -0.2) is 0 Å². The van der Waals surface area contributed by atoms with E-state index >= 15 is 0 Å². The second-order valence-electron chi connectivity index (χ2n) is 7.68. The minimum atomic E-state index is 0.427. The number of benzene rings is 1. The van der Waals surface area contributed by atoms with Gasteiger partial charge < -0.3 is 24.1 Å². The summed E-state index contributed by atoms with van der Waals surface area (Å²) in [6.45, 7) is 6.85. The minimum absolute atomic E-state index is 0.427. The van der Waals surface area contributed by atoms with E-state index in [0.717, 1.165) is 80.2 Å². The molecule has 28 heavy (non-hydrogen) atoms. The first-order valence-corrected chi connectivity index (χ1v) is 10.1. The molecule has 0 amide bonds. The van der Waals surface area contributed by atoms with Gasteiger partial charge in [-0.2, -0.15) is 0 Å². The minimum Gasteiger partial charge on any atom is -0.496 e. The van der Waals surface area contributed by atoms with Gasteiger partial charge in [0.05, 0.1) is 13.7 Å². The molecule has 1 aromatic heterocycles. The largest absolute Gasteiger partial charge is 0.496 e. The van der Waals surface area contributed by atoms with Crippen LogP contribution in [0.2, 0.25) is 0 Å². The molecule has 4 heterocycles. The van der Waals surface area contributed by atoms with Crippen molar-refractivity contribution in [1.29, 1.82) is 0 Å². The van der Waals surface area contributed by atoms with E-state index < -0.39 is 0 Å². The number of ether oxygens (including phenoxy) is 3. The number of likely N-dealkylation sites (tertiary alicyclic amines) is 1. The predicted molar refractivity (Wildman–Crippen MR) is 103 cm³/mol. The first kappa shape index (κ1) is 17.8. The number of aromatic nitrogens is 3. The Morgan fingerprint density at radius 3 is 2.89 bits per heavy atom. The summed E-state index contributed by atoms with van der Waals surface area (Å²) in [4.78, 5) is 2.49. The molecule has 1 N–H and O–H groups in total. The zero-order valence-corrected chi connectivity index (χ0v) is 16.3. The quantitative estimate of drug-likeness (QED) is 0.856. The third-order valence-corrected chi connectivity index (χ3v) is 5.86. The average Bonchev–Trinajstić information content (AvgIpc) is 3.18. The van der Waals surface area contributed by atoms with Gasteiger partial charge in [0, 0.05) is 43.7 Å². The van der Waals surface area contributed by atoms with Crippen LogP contribution in [0.3, 0.4) is 0 Å². The highest BCUT2D eigenvalue weighted by Crippen LogP contribution is 2.38. The van der Waals surface area contributed by atoms with E-state index in [-0.39, 0.29) is 0 Å². The first-order chi connectivity index (χ1) is 13.8. The van der Waals surface area contributed by atoms with E-state index in [9.17, 15) is 0 Å². The zero-order chi connectivity index (χ0) is 18.9. The number of fused-ring (bicyclic) bond motifs is 2. The van der Waals surface area contributed by atoms with Crippen LogP contribution < -0.4 is 19.5 Å². The second kappa shape index (κ2) is 7.60. The summed E-state index contributed by atoms with van der Waals surface area (Å²) >= 11 is 0. The highest BCUT2D eigenvalue weighted by molar-refractivity contribution is 5.51. The Morgan fingerprint density at radius 1 is 1.18 bits per heavy atom. The Hall–Kier alpha value is -2.32. The number of methoxy groups -OCH3 is 1. The summed E-state index contributed by atoms with van der Waals surface area (Å²) in [7, 11) is 1.71. The van der Waals surface area contributed by atoms with Gasteiger partial charge in [0.1, 0.15) is 30.6 Å². The summed E-state index contributed by atoms with van der Waals surface area (Å²) in [6.07, 6.45) is 2.33. The molecular weight excluding hydrogens is 358 g/mol. The normalized spacial score (nSPS) is 22.0. The van der Waals surface area contributed by atoms with Gasteiger partial charge in [0.25, 0.3) is 0 Å². The van der Waals surface area contributed by atoms with E-state index in [4.69, 9.17) is 14.2 Å². The van der Waals surface area contributed by atoms with Crippen LogP contribution in [0.15, 0.2) is 12.1 Å². The fraction of sp³-hybridized carbons (Fsp3) is 0.600. The van der Waals surface area contributed by atoms with E-state index in [1.807, 2.05) is 6.07 Å². The Balaban J connectivity index is 1.34. The number of nitrogens with zero attached hydrogens (tertiary/aromatic N) is 4. The van der Waals surface area contributed by atoms with Gasteiger partial charge in [0.15, 0.2) is 11.5 Å². The molecule has 1 atom stereocenters. The Kier molecular flexibility index (Phi) is 4.82. The molecule has 1 saturated heterocycles. The highest BCUT2D eigenvalue weighted by atomic mass is 16.6. The van der Waals surface area contributed by atoms with E-state index in [2.05, 4.69) is 31.0 Å². The van der Waals surface area contributed by atoms with Crippen LogP contribution in [0.25, 0.3) is 0 Å². The third-order valence-electron chi connectivity index (χ3n) is 5.86. The van der Waals surface area contributed by atoms with Crippen LogP contribution in [0.5, 0.6) is 17.2 Å². The summed E-state index contributed by atoms with van der Waals surface area (Å²) in [5, 5.41) is 12.3. The number of nitrogens with one attached hydrogen (secondary N) is 1. The predicted octanol–water partition coefficient (Wildman–Crippen LogP) is 1.54. The topological polar surface area (TPSA) is 73.7 Å². The molecule has 1 fully saturated rings. The van der Waals surface area contributed by atoms with Crippen molar-refractivity contribution in [1.82, 2.24) is 25.0 Å². The summed E-state index contributed by atoms with van der Waals surface area (Å²) in [5.41, 5.74) is 1.14. The molecule has 2 aromatic rings. The lowest BCUT2D eigenvalue weighted by atomic mass is 9.96. The van der Waals surface area contributed by atoms with Crippen molar-refractivity contribution in [2.75, 3.05) is 40.0 Å². The smallest absolute Gasteiger partial charge is 0.165 e. The SMILES string of the molecule is COc1cc2c(cc1CN1CCC[C@H](c3nnc4n3CCNC4)C1)OCCO2. The van der Waals surface area contributed by atoms with Crippen LogP contribution in [0, 0.1) is 0 Å². The van der Waals surface area contributed by atoms with Crippen molar-refractivity contribution in [3.63, 3.8) is 0 Å². The molecule has 0 saturated carbocycles. The maximum Gasteiger partial charge on any atom is 0.165 e. The zero-order valence-electron chi connectivity index (χ0n) is 16.3. The molecular formula is C20H27N5O3. The Labute approximate surface area is 164 Å². The van der Waals surface area contributed by atoms with Crippen LogP contribution in [0.1, 0.15) is 36.0 Å². The maximum absolute atomic E-state index is 5.77. The van der Waals surface area contributed by atoms with E-state index in [1.165, 1.54) is 6.42 Å². The van der Waals surface area contributed by atoms with Crippen LogP contribution in [-0.4, -0.2) is 59.6 Å². The van der Waals surface area contributed by atoms with Crippen molar-refractivity contribution >= 4 is 0 Å². The molecule has 8 heteroatoms. The van der Waals surface area contributed by atoms with Gasteiger partial charge in [0.2, 0.25) is 0 Å². The highest BCUT2D eigenvalue weighted by Gasteiger charge is 2.28. The van der Waals surface area contributed by atoms with E-state index in [0.29, 0.717) is 19.1 Å². The molecule has 8 nitrogen and oxygen atoms in total. The van der Waals surface area contributed by atoms with Crippen molar-refractivity contribution in [3.05, 3.63) is 29.3 Å². The van der Waals surface area contributed by atoms with Gasteiger partial charge in [-0.1, -0.05) is 0 Å². The molecule has 3 aliphatic heterocycles. The van der Waals surface area contributed by atoms with E-state index in [1.54, 1.807) is 7.11 Å². The molecule has 0 aliphatic carbocycles. The lowest BCUT2D eigenvalue weighted by molar-refractivity contribution is 0.168. The second-order valence-corrected chi connectivity index (χ2v) is 7.68. The molecule has 0 radical (unpaired) electrons. The molecule has 1 aromatic carbocycles. The number of hydrogen-bond donors (Lipinski definition) is 1. The van der Waals surface area contributed by atoms with Crippen LogP contribution in [-0.2, 0) is 19.6 Å².